The maximum absolute atomic E-state index is 11.9. The zero-order valence-corrected chi connectivity index (χ0v) is 13.3. The SMILES string of the molecule is Cc1cc(/C=N\NC(=O)c2ccccc2Br)cc(C)c1O. The lowest BCUT2D eigenvalue weighted by Crippen LogP contribution is -2.18. The molecule has 1 amide bonds. The molecule has 0 aliphatic heterocycles. The minimum atomic E-state index is -0.286. The molecule has 0 fully saturated rings. The molecule has 0 unspecified atom stereocenters. The summed E-state index contributed by atoms with van der Waals surface area (Å²) in [6.07, 6.45) is 1.55. The molecule has 0 bridgehead atoms. The maximum Gasteiger partial charge on any atom is 0.272 e. The summed E-state index contributed by atoms with van der Waals surface area (Å²) in [5.41, 5.74) is 5.36. The molecule has 0 saturated heterocycles. The number of hydrazone groups is 1. The Morgan fingerprint density at radius 1 is 1.24 bits per heavy atom. The van der Waals surface area contributed by atoms with E-state index in [1.165, 1.54) is 0 Å². The third-order valence-corrected chi connectivity index (χ3v) is 3.70. The van der Waals surface area contributed by atoms with Crippen LogP contribution in [0.2, 0.25) is 0 Å². The predicted octanol–water partition coefficient (Wildman–Crippen LogP) is 3.54. The van der Waals surface area contributed by atoms with E-state index in [1.807, 2.05) is 19.9 Å². The number of carbonyl (C=O) groups excluding carboxylic acids is 1. The lowest BCUT2D eigenvalue weighted by atomic mass is 10.1. The van der Waals surface area contributed by atoms with Crippen molar-refractivity contribution in [3.63, 3.8) is 0 Å². The van der Waals surface area contributed by atoms with Crippen LogP contribution in [0.15, 0.2) is 46.0 Å². The highest BCUT2D eigenvalue weighted by Crippen LogP contribution is 2.22. The summed E-state index contributed by atoms with van der Waals surface area (Å²) >= 11 is 3.32. The van der Waals surface area contributed by atoms with Gasteiger partial charge in [0, 0.05) is 4.47 Å². The van der Waals surface area contributed by atoms with E-state index in [2.05, 4.69) is 26.5 Å². The molecule has 108 valence electrons. The van der Waals surface area contributed by atoms with Crippen molar-refractivity contribution in [2.45, 2.75) is 13.8 Å². The quantitative estimate of drug-likeness (QED) is 0.659. The number of hydrogen-bond donors (Lipinski definition) is 2. The molecule has 0 radical (unpaired) electrons. The third kappa shape index (κ3) is 3.70. The van der Waals surface area contributed by atoms with Gasteiger partial charge in [-0.15, -0.1) is 0 Å². The first kappa shape index (κ1) is 15.3. The standard InChI is InChI=1S/C16H15BrN2O2/c1-10-7-12(8-11(2)15(10)20)9-18-19-16(21)13-5-3-4-6-14(13)17/h3-9,20H,1-2H3,(H,19,21)/b18-9-. The van der Waals surface area contributed by atoms with Crippen LogP contribution in [0.4, 0.5) is 0 Å². The molecule has 0 atom stereocenters. The molecule has 0 aromatic heterocycles. The van der Waals surface area contributed by atoms with Crippen molar-refractivity contribution in [1.82, 2.24) is 5.43 Å². The summed E-state index contributed by atoms with van der Waals surface area (Å²) in [6.45, 7) is 3.64. The minimum Gasteiger partial charge on any atom is -0.507 e. The average molecular weight is 347 g/mol. The van der Waals surface area contributed by atoms with Crippen molar-refractivity contribution < 1.29 is 9.90 Å². The Kier molecular flexibility index (Phi) is 4.75. The van der Waals surface area contributed by atoms with Gasteiger partial charge in [0.15, 0.2) is 0 Å². The number of benzene rings is 2. The fourth-order valence-electron chi connectivity index (χ4n) is 1.93. The number of aryl methyl sites for hydroxylation is 2. The van der Waals surface area contributed by atoms with Crippen molar-refractivity contribution in [2.75, 3.05) is 0 Å². The molecule has 0 heterocycles. The molecule has 2 aromatic rings. The van der Waals surface area contributed by atoms with E-state index in [0.29, 0.717) is 10.0 Å². The summed E-state index contributed by atoms with van der Waals surface area (Å²) in [6, 6.07) is 10.7. The Bertz CT molecular complexity index is 688. The van der Waals surface area contributed by atoms with Crippen LogP contribution in [-0.2, 0) is 0 Å². The summed E-state index contributed by atoms with van der Waals surface area (Å²) in [5.74, 6) is -0.00431. The summed E-state index contributed by atoms with van der Waals surface area (Å²) in [7, 11) is 0. The number of carbonyl (C=O) groups is 1. The number of phenolic OH excluding ortho intramolecular Hbond substituents is 1. The van der Waals surface area contributed by atoms with Crippen LogP contribution in [0.1, 0.15) is 27.0 Å². The molecule has 0 saturated carbocycles. The van der Waals surface area contributed by atoms with Gasteiger partial charge in [-0.2, -0.15) is 5.10 Å². The second-order valence-electron chi connectivity index (χ2n) is 4.68. The van der Waals surface area contributed by atoms with Crippen LogP contribution in [0, 0.1) is 13.8 Å². The minimum absolute atomic E-state index is 0.282. The van der Waals surface area contributed by atoms with Crippen LogP contribution in [0.25, 0.3) is 0 Å². The van der Waals surface area contributed by atoms with E-state index in [9.17, 15) is 9.90 Å². The van der Waals surface area contributed by atoms with Crippen molar-refractivity contribution in [1.29, 1.82) is 0 Å². The molecule has 2 rings (SSSR count). The van der Waals surface area contributed by atoms with E-state index < -0.39 is 0 Å². The van der Waals surface area contributed by atoms with Gasteiger partial charge in [0.2, 0.25) is 0 Å². The van der Waals surface area contributed by atoms with Gasteiger partial charge in [-0.25, -0.2) is 5.43 Å². The second kappa shape index (κ2) is 6.54. The Morgan fingerprint density at radius 2 is 1.86 bits per heavy atom. The maximum atomic E-state index is 11.9. The van der Waals surface area contributed by atoms with Gasteiger partial charge in [-0.3, -0.25) is 4.79 Å². The molecule has 21 heavy (non-hydrogen) atoms. The van der Waals surface area contributed by atoms with E-state index in [-0.39, 0.29) is 11.7 Å². The zero-order valence-electron chi connectivity index (χ0n) is 11.7. The number of halogens is 1. The van der Waals surface area contributed by atoms with Crippen molar-refractivity contribution in [2.24, 2.45) is 5.10 Å². The van der Waals surface area contributed by atoms with Crippen LogP contribution in [0.3, 0.4) is 0 Å². The van der Waals surface area contributed by atoms with Gasteiger partial charge in [0.25, 0.3) is 5.91 Å². The number of rotatable bonds is 3. The van der Waals surface area contributed by atoms with Crippen LogP contribution < -0.4 is 5.43 Å². The lowest BCUT2D eigenvalue weighted by Gasteiger charge is -2.05. The largest absolute Gasteiger partial charge is 0.507 e. The molecule has 0 aliphatic rings. The number of phenols is 1. The highest BCUT2D eigenvalue weighted by molar-refractivity contribution is 9.10. The topological polar surface area (TPSA) is 61.7 Å². The van der Waals surface area contributed by atoms with E-state index in [1.54, 1.807) is 36.5 Å². The fraction of sp³-hybridized carbons (Fsp3) is 0.125. The predicted molar refractivity (Wildman–Crippen MR) is 86.8 cm³/mol. The van der Waals surface area contributed by atoms with Crippen molar-refractivity contribution in [3.8, 4) is 5.75 Å². The molecule has 2 N–H and O–H groups in total. The van der Waals surface area contributed by atoms with Gasteiger partial charge >= 0.3 is 0 Å². The highest BCUT2D eigenvalue weighted by atomic mass is 79.9. The number of amides is 1. The summed E-state index contributed by atoms with van der Waals surface area (Å²) in [5, 5.41) is 13.6. The lowest BCUT2D eigenvalue weighted by molar-refractivity contribution is 0.0954. The number of hydrogen-bond acceptors (Lipinski definition) is 3. The van der Waals surface area contributed by atoms with Gasteiger partial charge in [0.1, 0.15) is 5.75 Å². The Morgan fingerprint density at radius 3 is 2.48 bits per heavy atom. The van der Waals surface area contributed by atoms with Crippen LogP contribution >= 0.6 is 15.9 Å². The normalized spacial score (nSPS) is 10.8. The van der Waals surface area contributed by atoms with Crippen molar-refractivity contribution in [3.05, 3.63) is 63.1 Å². The van der Waals surface area contributed by atoms with Gasteiger partial charge < -0.3 is 5.11 Å². The van der Waals surface area contributed by atoms with E-state index in [0.717, 1.165) is 16.7 Å². The van der Waals surface area contributed by atoms with Gasteiger partial charge in [-0.1, -0.05) is 12.1 Å². The summed E-state index contributed by atoms with van der Waals surface area (Å²) in [4.78, 5) is 11.9. The smallest absolute Gasteiger partial charge is 0.272 e. The molecule has 2 aromatic carbocycles. The molecule has 0 spiro atoms. The average Bonchev–Trinajstić information content (AvgIpc) is 2.45. The molecular weight excluding hydrogens is 332 g/mol. The van der Waals surface area contributed by atoms with Crippen LogP contribution in [-0.4, -0.2) is 17.2 Å². The molecule has 5 heteroatoms. The number of aromatic hydroxyl groups is 1. The zero-order chi connectivity index (χ0) is 15.4. The molecule has 0 aliphatic carbocycles. The Hall–Kier alpha value is -2.14. The number of nitrogens with zero attached hydrogens (tertiary/aromatic N) is 1. The van der Waals surface area contributed by atoms with Crippen LogP contribution in [0.5, 0.6) is 5.75 Å². The summed E-state index contributed by atoms with van der Waals surface area (Å²) < 4.78 is 0.717. The van der Waals surface area contributed by atoms with Gasteiger partial charge in [0.05, 0.1) is 11.8 Å². The number of nitrogens with one attached hydrogen (secondary N) is 1. The highest BCUT2D eigenvalue weighted by Gasteiger charge is 2.07. The third-order valence-electron chi connectivity index (χ3n) is 3.01. The Balaban J connectivity index is 2.10. The van der Waals surface area contributed by atoms with E-state index in [4.69, 9.17) is 0 Å². The Labute approximate surface area is 131 Å². The second-order valence-corrected chi connectivity index (χ2v) is 5.54. The fourth-order valence-corrected chi connectivity index (χ4v) is 2.40. The molecule has 4 nitrogen and oxygen atoms in total. The first-order valence-corrected chi connectivity index (χ1v) is 7.16. The first-order valence-electron chi connectivity index (χ1n) is 6.37. The molecular formula is C16H15BrN2O2. The van der Waals surface area contributed by atoms with Gasteiger partial charge in [-0.05, 0) is 70.7 Å². The van der Waals surface area contributed by atoms with Crippen molar-refractivity contribution >= 4 is 28.1 Å². The van der Waals surface area contributed by atoms with E-state index >= 15 is 0 Å². The monoisotopic (exact) mass is 346 g/mol. The first-order chi connectivity index (χ1) is 9.99.